The molecule has 2 aliphatic heterocycles. The van der Waals surface area contributed by atoms with Gasteiger partial charge in [-0.15, -0.1) is 0 Å². The molecule has 2 aromatic heterocycles. The lowest BCUT2D eigenvalue weighted by atomic mass is 9.95. The lowest BCUT2D eigenvalue weighted by molar-refractivity contribution is 0.0782. The lowest BCUT2D eigenvalue weighted by Crippen LogP contribution is -2.34. The van der Waals surface area contributed by atoms with Gasteiger partial charge < -0.3 is 20.9 Å². The van der Waals surface area contributed by atoms with E-state index in [1.807, 2.05) is 12.1 Å². The minimum Gasteiger partial charge on any atom is -0.352 e. The summed E-state index contributed by atoms with van der Waals surface area (Å²) in [5.74, 6) is 0.253. The molecule has 0 radical (unpaired) electrons. The molecule has 0 bridgehead atoms. The Labute approximate surface area is 185 Å². The fourth-order valence-electron chi connectivity index (χ4n) is 4.43. The third-order valence-electron chi connectivity index (χ3n) is 6.17. The van der Waals surface area contributed by atoms with Crippen LogP contribution in [0.15, 0.2) is 36.7 Å². The lowest BCUT2D eigenvalue weighted by Gasteiger charge is -2.27. The van der Waals surface area contributed by atoms with Crippen LogP contribution in [0.2, 0.25) is 0 Å². The molecule has 3 aromatic rings. The average molecular weight is 436 g/mol. The standard InChI is InChI=1S/C23H26FN7O/c1-31-9-7-14-4-2-6-17(21(14)23(31)32)28-18-10-20(26-12-16(18)24)29-19-13-27-30-22(19)15-5-3-8-25-11-15/h2,4,6,10,12-13,15,25H,3,5,7-9,11H2,1H3,(H,27,30)(H2,26,28,29). The Hall–Kier alpha value is -3.46. The number of rotatable bonds is 5. The summed E-state index contributed by atoms with van der Waals surface area (Å²) in [4.78, 5) is 18.6. The molecule has 166 valence electrons. The molecule has 0 saturated carbocycles. The van der Waals surface area contributed by atoms with E-state index in [1.165, 1.54) is 6.20 Å². The van der Waals surface area contributed by atoms with Crippen molar-refractivity contribution >= 4 is 28.8 Å². The van der Waals surface area contributed by atoms with Crippen molar-refractivity contribution in [1.82, 2.24) is 25.4 Å². The first-order valence-corrected chi connectivity index (χ1v) is 10.9. The van der Waals surface area contributed by atoms with Gasteiger partial charge in [0.2, 0.25) is 0 Å². The fourth-order valence-corrected chi connectivity index (χ4v) is 4.43. The van der Waals surface area contributed by atoms with Gasteiger partial charge in [-0.2, -0.15) is 5.10 Å². The number of piperidine rings is 1. The van der Waals surface area contributed by atoms with E-state index in [2.05, 4.69) is 31.1 Å². The maximum Gasteiger partial charge on any atom is 0.255 e. The molecule has 1 amide bonds. The molecule has 2 aliphatic rings. The van der Waals surface area contributed by atoms with Gasteiger partial charge in [0.15, 0.2) is 5.82 Å². The third kappa shape index (κ3) is 3.91. The number of H-pyrrole nitrogens is 1. The highest BCUT2D eigenvalue weighted by molar-refractivity contribution is 6.02. The van der Waals surface area contributed by atoms with Gasteiger partial charge in [-0.25, -0.2) is 9.37 Å². The highest BCUT2D eigenvalue weighted by Crippen LogP contribution is 2.32. The number of fused-ring (bicyclic) bond motifs is 1. The summed E-state index contributed by atoms with van der Waals surface area (Å²) >= 11 is 0. The molecule has 1 saturated heterocycles. The van der Waals surface area contributed by atoms with E-state index in [4.69, 9.17) is 0 Å². The van der Waals surface area contributed by atoms with Gasteiger partial charge in [0.25, 0.3) is 5.91 Å². The molecule has 0 spiro atoms. The van der Waals surface area contributed by atoms with Crippen LogP contribution in [0.1, 0.15) is 40.4 Å². The highest BCUT2D eigenvalue weighted by atomic mass is 19.1. The molecule has 9 heteroatoms. The molecule has 1 atom stereocenters. The van der Waals surface area contributed by atoms with Crippen molar-refractivity contribution in [1.29, 1.82) is 0 Å². The van der Waals surface area contributed by atoms with E-state index in [0.717, 1.165) is 49.3 Å². The molecule has 4 heterocycles. The Balaban J connectivity index is 1.41. The van der Waals surface area contributed by atoms with Crippen molar-refractivity contribution in [2.24, 2.45) is 0 Å². The Morgan fingerprint density at radius 1 is 1.22 bits per heavy atom. The molecular weight excluding hydrogens is 409 g/mol. The summed E-state index contributed by atoms with van der Waals surface area (Å²) in [6.07, 6.45) is 5.92. The van der Waals surface area contributed by atoms with Crippen molar-refractivity contribution in [2.45, 2.75) is 25.2 Å². The van der Waals surface area contributed by atoms with Crippen LogP contribution in [0.3, 0.4) is 0 Å². The predicted octanol–water partition coefficient (Wildman–Crippen LogP) is 3.53. The summed E-state index contributed by atoms with van der Waals surface area (Å²) < 4.78 is 14.6. The minimum atomic E-state index is -0.492. The normalized spacial score (nSPS) is 18.4. The second-order valence-corrected chi connectivity index (χ2v) is 8.34. The number of carbonyl (C=O) groups is 1. The van der Waals surface area contributed by atoms with Gasteiger partial charge in [0.05, 0.1) is 34.5 Å². The van der Waals surface area contributed by atoms with Gasteiger partial charge in [-0.3, -0.25) is 9.89 Å². The first kappa shape index (κ1) is 20.4. The van der Waals surface area contributed by atoms with Gasteiger partial charge in [0.1, 0.15) is 5.82 Å². The van der Waals surface area contributed by atoms with E-state index in [9.17, 15) is 9.18 Å². The first-order valence-electron chi connectivity index (χ1n) is 10.9. The molecule has 8 nitrogen and oxygen atoms in total. The Bertz CT molecular complexity index is 1140. The number of pyridine rings is 1. The van der Waals surface area contributed by atoms with Crippen LogP contribution < -0.4 is 16.0 Å². The number of carbonyl (C=O) groups excluding carboxylic acids is 1. The van der Waals surface area contributed by atoms with Crippen molar-refractivity contribution in [3.8, 4) is 0 Å². The number of nitrogens with zero attached hydrogens (tertiary/aromatic N) is 3. The van der Waals surface area contributed by atoms with Crippen molar-refractivity contribution in [3.63, 3.8) is 0 Å². The molecule has 0 aliphatic carbocycles. The average Bonchev–Trinajstić information content (AvgIpc) is 3.27. The Morgan fingerprint density at radius 3 is 2.97 bits per heavy atom. The largest absolute Gasteiger partial charge is 0.352 e. The number of halogens is 1. The quantitative estimate of drug-likeness (QED) is 0.490. The summed E-state index contributed by atoms with van der Waals surface area (Å²) in [7, 11) is 1.78. The number of aromatic nitrogens is 3. The van der Waals surface area contributed by atoms with Crippen LogP contribution in [-0.2, 0) is 6.42 Å². The van der Waals surface area contributed by atoms with Crippen LogP contribution >= 0.6 is 0 Å². The molecule has 4 N–H and O–H groups in total. The van der Waals surface area contributed by atoms with Crippen LogP contribution in [0.5, 0.6) is 0 Å². The predicted molar refractivity (Wildman–Crippen MR) is 121 cm³/mol. The Kier molecular flexibility index (Phi) is 5.48. The monoisotopic (exact) mass is 435 g/mol. The first-order chi connectivity index (χ1) is 15.6. The number of amides is 1. The zero-order valence-electron chi connectivity index (χ0n) is 17.9. The van der Waals surface area contributed by atoms with Crippen LogP contribution in [-0.4, -0.2) is 52.7 Å². The maximum atomic E-state index is 14.6. The third-order valence-corrected chi connectivity index (χ3v) is 6.17. The molecule has 5 rings (SSSR count). The van der Waals surface area contributed by atoms with E-state index in [-0.39, 0.29) is 11.6 Å². The molecule has 1 fully saturated rings. The number of hydrogen-bond acceptors (Lipinski definition) is 6. The number of anilines is 4. The van der Waals surface area contributed by atoms with Gasteiger partial charge in [0, 0.05) is 38.3 Å². The van der Waals surface area contributed by atoms with E-state index < -0.39 is 5.82 Å². The number of likely N-dealkylation sites (N-methyl/N-ethyl adjacent to an activating group) is 1. The number of nitrogens with one attached hydrogen (secondary N) is 4. The SMILES string of the molecule is CN1CCc2cccc(Nc3cc(Nc4c[nH]nc4C4CCCNC4)ncc3F)c2C1=O. The second-order valence-electron chi connectivity index (χ2n) is 8.34. The van der Waals surface area contributed by atoms with E-state index in [0.29, 0.717) is 29.5 Å². The molecule has 1 aromatic carbocycles. The topological polar surface area (TPSA) is 98.0 Å². The zero-order valence-corrected chi connectivity index (χ0v) is 17.9. The smallest absolute Gasteiger partial charge is 0.255 e. The van der Waals surface area contributed by atoms with Crippen molar-refractivity contribution in [2.75, 3.05) is 37.3 Å². The minimum absolute atomic E-state index is 0.0636. The Morgan fingerprint density at radius 2 is 2.12 bits per heavy atom. The van der Waals surface area contributed by atoms with Gasteiger partial charge >= 0.3 is 0 Å². The highest BCUT2D eigenvalue weighted by Gasteiger charge is 2.25. The maximum absolute atomic E-state index is 14.6. The summed E-state index contributed by atoms with van der Waals surface area (Å²) in [5, 5.41) is 17.1. The molecule has 1 unspecified atom stereocenters. The number of aromatic amines is 1. The second kappa shape index (κ2) is 8.58. The van der Waals surface area contributed by atoms with E-state index >= 15 is 0 Å². The fraction of sp³-hybridized carbons (Fsp3) is 0.348. The van der Waals surface area contributed by atoms with Crippen LogP contribution in [0.25, 0.3) is 0 Å². The van der Waals surface area contributed by atoms with Crippen molar-refractivity contribution < 1.29 is 9.18 Å². The summed E-state index contributed by atoms with van der Waals surface area (Å²) in [6.45, 7) is 2.58. The summed E-state index contributed by atoms with van der Waals surface area (Å²) in [5.41, 5.74) is 4.18. The van der Waals surface area contributed by atoms with Gasteiger partial charge in [-0.05, 0) is 37.4 Å². The zero-order chi connectivity index (χ0) is 22.1. The van der Waals surface area contributed by atoms with Gasteiger partial charge in [-0.1, -0.05) is 12.1 Å². The molecular formula is C23H26FN7O. The van der Waals surface area contributed by atoms with Crippen molar-refractivity contribution in [3.05, 3.63) is 59.3 Å². The number of hydrogen-bond donors (Lipinski definition) is 4. The van der Waals surface area contributed by atoms with E-state index in [1.54, 1.807) is 30.3 Å². The summed E-state index contributed by atoms with van der Waals surface area (Å²) in [6, 6.07) is 7.24. The van der Waals surface area contributed by atoms with Crippen LogP contribution in [0.4, 0.5) is 27.3 Å². The number of benzene rings is 1. The van der Waals surface area contributed by atoms with Crippen LogP contribution in [0, 0.1) is 5.82 Å². The molecule has 32 heavy (non-hydrogen) atoms.